The van der Waals surface area contributed by atoms with Crippen LogP contribution in [0.2, 0.25) is 0 Å². The summed E-state index contributed by atoms with van der Waals surface area (Å²) in [5, 5.41) is 3.13. The van der Waals surface area contributed by atoms with Crippen molar-refractivity contribution in [2.75, 3.05) is 11.1 Å². The number of thioether (sulfide) groups is 1. The van der Waals surface area contributed by atoms with E-state index in [2.05, 4.69) is 10.3 Å². The molecular formula is C13H13F3N2S. The lowest BCUT2D eigenvalue weighted by Crippen LogP contribution is -2.11. The third-order valence-electron chi connectivity index (χ3n) is 2.41. The van der Waals surface area contributed by atoms with Gasteiger partial charge in [0, 0.05) is 22.5 Å². The Labute approximate surface area is 113 Å². The first kappa shape index (κ1) is 13.9. The number of hydrogen-bond donors (Lipinski definition) is 2. The minimum atomic E-state index is -4.16. The molecule has 0 unspecified atom stereocenters. The smallest absolute Gasteiger partial charge is 0.379 e. The van der Waals surface area contributed by atoms with Crippen LogP contribution in [0.4, 0.5) is 18.9 Å². The standard InChI is InChI=1S/C13H13F3N2S/c14-13(15,16)9-19-12-6-2-1-5-11(12)18-8-10-4-3-7-17-10/h1-7,17-18H,8-9H2. The maximum Gasteiger partial charge on any atom is 0.398 e. The Hall–Kier alpha value is -1.56. The molecule has 1 aromatic heterocycles. The van der Waals surface area contributed by atoms with Gasteiger partial charge in [-0.15, -0.1) is 11.8 Å². The maximum atomic E-state index is 12.2. The highest BCUT2D eigenvalue weighted by atomic mass is 32.2. The minimum Gasteiger partial charge on any atom is -0.379 e. The molecule has 0 fully saturated rings. The van der Waals surface area contributed by atoms with E-state index in [1.54, 1.807) is 30.5 Å². The lowest BCUT2D eigenvalue weighted by Gasteiger charge is -2.12. The van der Waals surface area contributed by atoms with E-state index < -0.39 is 11.9 Å². The van der Waals surface area contributed by atoms with E-state index in [9.17, 15) is 13.2 Å². The number of anilines is 1. The molecule has 1 aromatic carbocycles. The summed E-state index contributed by atoms with van der Waals surface area (Å²) >= 11 is 0.793. The first-order valence-electron chi connectivity index (χ1n) is 5.69. The van der Waals surface area contributed by atoms with E-state index in [0.717, 1.165) is 17.5 Å². The highest BCUT2D eigenvalue weighted by molar-refractivity contribution is 7.99. The van der Waals surface area contributed by atoms with Gasteiger partial charge in [0.05, 0.1) is 12.3 Å². The van der Waals surface area contributed by atoms with Gasteiger partial charge < -0.3 is 10.3 Å². The zero-order chi connectivity index (χ0) is 13.7. The van der Waals surface area contributed by atoms with Crippen LogP contribution in [0.5, 0.6) is 0 Å². The topological polar surface area (TPSA) is 27.8 Å². The molecule has 0 spiro atoms. The van der Waals surface area contributed by atoms with E-state index in [-0.39, 0.29) is 0 Å². The van der Waals surface area contributed by atoms with Crippen molar-refractivity contribution in [3.63, 3.8) is 0 Å². The number of rotatable bonds is 5. The van der Waals surface area contributed by atoms with Crippen molar-refractivity contribution in [1.29, 1.82) is 0 Å². The van der Waals surface area contributed by atoms with Gasteiger partial charge >= 0.3 is 6.18 Å². The number of alkyl halides is 3. The first-order chi connectivity index (χ1) is 9.04. The van der Waals surface area contributed by atoms with Crippen LogP contribution in [0, 0.1) is 0 Å². The Morgan fingerprint density at radius 2 is 1.89 bits per heavy atom. The van der Waals surface area contributed by atoms with Crippen molar-refractivity contribution < 1.29 is 13.2 Å². The fourth-order valence-electron chi connectivity index (χ4n) is 1.57. The Bertz CT molecular complexity index is 509. The summed E-state index contributed by atoms with van der Waals surface area (Å²) in [7, 11) is 0. The molecule has 19 heavy (non-hydrogen) atoms. The number of hydrogen-bond acceptors (Lipinski definition) is 2. The van der Waals surface area contributed by atoms with Crippen LogP contribution in [-0.4, -0.2) is 16.9 Å². The normalized spacial score (nSPS) is 11.5. The molecular weight excluding hydrogens is 273 g/mol. The number of nitrogens with one attached hydrogen (secondary N) is 2. The Kier molecular flexibility index (Phi) is 4.42. The van der Waals surface area contributed by atoms with Gasteiger partial charge in [-0.05, 0) is 24.3 Å². The van der Waals surface area contributed by atoms with Crippen LogP contribution >= 0.6 is 11.8 Å². The lowest BCUT2D eigenvalue weighted by molar-refractivity contribution is -0.105. The minimum absolute atomic E-state index is 0.552. The van der Waals surface area contributed by atoms with Crippen molar-refractivity contribution >= 4 is 17.4 Å². The summed E-state index contributed by atoms with van der Waals surface area (Å²) in [5.41, 5.74) is 1.70. The summed E-state index contributed by atoms with van der Waals surface area (Å²) in [5.74, 6) is -0.881. The molecule has 102 valence electrons. The maximum absolute atomic E-state index is 12.2. The average molecular weight is 286 g/mol. The zero-order valence-electron chi connectivity index (χ0n) is 10.00. The Morgan fingerprint density at radius 3 is 2.58 bits per heavy atom. The van der Waals surface area contributed by atoms with Gasteiger partial charge in [0.1, 0.15) is 0 Å². The Morgan fingerprint density at radius 1 is 1.11 bits per heavy atom. The number of aromatic nitrogens is 1. The van der Waals surface area contributed by atoms with Gasteiger partial charge in [0.25, 0.3) is 0 Å². The fourth-order valence-corrected chi connectivity index (χ4v) is 2.36. The van der Waals surface area contributed by atoms with Gasteiger partial charge in [-0.25, -0.2) is 0 Å². The quantitative estimate of drug-likeness (QED) is 0.803. The number of halogens is 3. The summed E-state index contributed by atoms with van der Waals surface area (Å²) in [6.07, 6.45) is -2.35. The van der Waals surface area contributed by atoms with E-state index >= 15 is 0 Å². The molecule has 2 aromatic rings. The van der Waals surface area contributed by atoms with E-state index in [1.807, 2.05) is 12.1 Å². The second kappa shape index (κ2) is 6.06. The van der Waals surface area contributed by atoms with Gasteiger partial charge in [-0.2, -0.15) is 13.2 Å². The third-order valence-corrected chi connectivity index (χ3v) is 3.55. The third kappa shape index (κ3) is 4.55. The molecule has 6 heteroatoms. The summed E-state index contributed by atoms with van der Waals surface area (Å²) < 4.78 is 36.7. The lowest BCUT2D eigenvalue weighted by atomic mass is 10.3. The number of benzene rings is 1. The molecule has 0 saturated carbocycles. The molecule has 0 aliphatic carbocycles. The first-order valence-corrected chi connectivity index (χ1v) is 6.68. The zero-order valence-corrected chi connectivity index (χ0v) is 10.8. The predicted molar refractivity (Wildman–Crippen MR) is 71.3 cm³/mol. The van der Waals surface area contributed by atoms with Crippen molar-refractivity contribution in [1.82, 2.24) is 4.98 Å². The predicted octanol–water partition coefficient (Wildman–Crippen LogP) is 4.28. The van der Waals surface area contributed by atoms with Gasteiger partial charge in [-0.3, -0.25) is 0 Å². The molecule has 1 heterocycles. The summed E-state index contributed by atoms with van der Waals surface area (Å²) in [6.45, 7) is 0.552. The van der Waals surface area contributed by atoms with Crippen molar-refractivity contribution in [2.45, 2.75) is 17.6 Å². The molecule has 0 aliphatic heterocycles. The molecule has 2 N–H and O–H groups in total. The van der Waals surface area contributed by atoms with E-state index in [1.165, 1.54) is 0 Å². The number of H-pyrrole nitrogens is 1. The molecule has 0 saturated heterocycles. The largest absolute Gasteiger partial charge is 0.398 e. The van der Waals surface area contributed by atoms with Crippen molar-refractivity contribution in [3.05, 3.63) is 48.3 Å². The highest BCUT2D eigenvalue weighted by Gasteiger charge is 2.27. The molecule has 0 radical (unpaired) electrons. The van der Waals surface area contributed by atoms with Gasteiger partial charge in [0.2, 0.25) is 0 Å². The van der Waals surface area contributed by atoms with E-state index in [0.29, 0.717) is 17.1 Å². The summed E-state index contributed by atoms with van der Waals surface area (Å²) in [6, 6.07) is 10.8. The van der Waals surface area contributed by atoms with Crippen LogP contribution in [-0.2, 0) is 6.54 Å². The molecule has 0 amide bonds. The van der Waals surface area contributed by atoms with E-state index in [4.69, 9.17) is 0 Å². The van der Waals surface area contributed by atoms with Crippen molar-refractivity contribution in [3.8, 4) is 0 Å². The highest BCUT2D eigenvalue weighted by Crippen LogP contribution is 2.32. The SMILES string of the molecule is FC(F)(F)CSc1ccccc1NCc1ccc[nH]1. The number of aromatic amines is 1. The monoisotopic (exact) mass is 286 g/mol. The van der Waals surface area contributed by atoms with Gasteiger partial charge in [-0.1, -0.05) is 12.1 Å². The molecule has 2 rings (SSSR count). The van der Waals surface area contributed by atoms with Crippen molar-refractivity contribution in [2.24, 2.45) is 0 Å². The molecule has 0 aliphatic rings. The van der Waals surface area contributed by atoms with Crippen LogP contribution in [0.25, 0.3) is 0 Å². The number of para-hydroxylation sites is 1. The molecule has 0 atom stereocenters. The average Bonchev–Trinajstić information content (AvgIpc) is 2.87. The van der Waals surface area contributed by atoms with Crippen LogP contribution in [0.15, 0.2) is 47.5 Å². The Balaban J connectivity index is 1.99. The second-order valence-electron chi connectivity index (χ2n) is 3.95. The summed E-state index contributed by atoms with van der Waals surface area (Å²) in [4.78, 5) is 3.64. The van der Waals surface area contributed by atoms with Crippen LogP contribution < -0.4 is 5.32 Å². The molecule has 0 bridgehead atoms. The van der Waals surface area contributed by atoms with Gasteiger partial charge in [0.15, 0.2) is 0 Å². The molecule has 2 nitrogen and oxygen atoms in total. The van der Waals surface area contributed by atoms with Crippen LogP contribution in [0.1, 0.15) is 5.69 Å². The second-order valence-corrected chi connectivity index (χ2v) is 4.97. The fraction of sp³-hybridized carbons (Fsp3) is 0.231. The van der Waals surface area contributed by atoms with Crippen LogP contribution in [0.3, 0.4) is 0 Å².